The number of piperidine rings is 1. The summed E-state index contributed by atoms with van der Waals surface area (Å²) >= 11 is 0. The zero-order chi connectivity index (χ0) is 20.6. The second kappa shape index (κ2) is 10.8. The molecule has 1 N–H and O–H groups in total. The van der Waals surface area contributed by atoms with Crippen molar-refractivity contribution in [2.24, 2.45) is 0 Å². The van der Waals surface area contributed by atoms with Crippen LogP contribution < -0.4 is 14.8 Å². The van der Waals surface area contributed by atoms with Crippen LogP contribution in [0, 0.1) is 0 Å². The van der Waals surface area contributed by atoms with E-state index in [0.29, 0.717) is 30.2 Å². The summed E-state index contributed by atoms with van der Waals surface area (Å²) in [6.07, 6.45) is 7.91. The highest BCUT2D eigenvalue weighted by Gasteiger charge is 2.28. The molecule has 6 heteroatoms. The van der Waals surface area contributed by atoms with E-state index in [1.165, 1.54) is 25.7 Å². The number of methoxy groups -OCH3 is 1. The Hall–Kier alpha value is -1.79. The van der Waals surface area contributed by atoms with Crippen molar-refractivity contribution in [3.63, 3.8) is 0 Å². The molecule has 0 radical (unpaired) electrons. The van der Waals surface area contributed by atoms with Crippen LogP contribution in [0.1, 0.15) is 62.7 Å². The molecule has 0 atom stereocenters. The van der Waals surface area contributed by atoms with Crippen molar-refractivity contribution >= 4 is 5.91 Å². The second-order valence-corrected chi connectivity index (χ2v) is 8.33. The molecule has 1 saturated heterocycles. The van der Waals surface area contributed by atoms with Gasteiger partial charge in [-0.2, -0.15) is 0 Å². The lowest BCUT2D eigenvalue weighted by Crippen LogP contribution is -2.43. The van der Waals surface area contributed by atoms with Gasteiger partial charge in [0.25, 0.3) is 5.91 Å². The normalized spacial score (nSPS) is 18.9. The molecule has 29 heavy (non-hydrogen) atoms. The third-order valence-electron chi connectivity index (χ3n) is 5.88. The maximum Gasteiger partial charge on any atom is 0.251 e. The minimum absolute atomic E-state index is 0.132. The summed E-state index contributed by atoms with van der Waals surface area (Å²) in [5.74, 6) is 1.19. The molecule has 2 aliphatic rings. The van der Waals surface area contributed by atoms with Crippen molar-refractivity contribution in [1.29, 1.82) is 0 Å². The van der Waals surface area contributed by atoms with Crippen molar-refractivity contribution < 1.29 is 19.0 Å². The van der Waals surface area contributed by atoms with Gasteiger partial charge < -0.3 is 24.4 Å². The first-order valence-electron chi connectivity index (χ1n) is 11.1. The third-order valence-corrected chi connectivity index (χ3v) is 5.88. The van der Waals surface area contributed by atoms with Crippen molar-refractivity contribution in [3.05, 3.63) is 23.8 Å². The largest absolute Gasteiger partial charge is 0.493 e. The smallest absolute Gasteiger partial charge is 0.251 e. The Balaban J connectivity index is 1.50. The highest BCUT2D eigenvalue weighted by molar-refractivity contribution is 5.94. The van der Waals surface area contributed by atoms with E-state index in [4.69, 9.17) is 14.2 Å². The van der Waals surface area contributed by atoms with Crippen LogP contribution in [0.5, 0.6) is 11.5 Å². The van der Waals surface area contributed by atoms with Crippen LogP contribution in [0.2, 0.25) is 0 Å². The fourth-order valence-electron chi connectivity index (χ4n) is 4.28. The number of hydrogen-bond donors (Lipinski definition) is 1. The zero-order valence-electron chi connectivity index (χ0n) is 18.1. The topological polar surface area (TPSA) is 60.0 Å². The second-order valence-electron chi connectivity index (χ2n) is 8.33. The first-order chi connectivity index (χ1) is 14.1. The van der Waals surface area contributed by atoms with Crippen LogP contribution in [0.3, 0.4) is 0 Å². The molecule has 1 aromatic rings. The lowest BCUT2D eigenvalue weighted by Gasteiger charge is -2.36. The summed E-state index contributed by atoms with van der Waals surface area (Å²) in [5.41, 5.74) is 0.565. The van der Waals surface area contributed by atoms with Crippen LogP contribution in [-0.2, 0) is 4.74 Å². The lowest BCUT2D eigenvalue weighted by atomic mass is 10.0. The summed E-state index contributed by atoms with van der Waals surface area (Å²) < 4.78 is 17.2. The van der Waals surface area contributed by atoms with E-state index < -0.39 is 0 Å². The molecule has 162 valence electrons. The van der Waals surface area contributed by atoms with Gasteiger partial charge in [-0.3, -0.25) is 4.79 Å². The molecule has 0 aromatic heterocycles. The summed E-state index contributed by atoms with van der Waals surface area (Å²) in [6, 6.07) is 6.18. The van der Waals surface area contributed by atoms with Crippen LogP contribution in [-0.4, -0.2) is 62.4 Å². The Morgan fingerprint density at radius 1 is 1.14 bits per heavy atom. The molecule has 1 heterocycles. The number of nitrogens with zero attached hydrogens (tertiary/aromatic N) is 1. The van der Waals surface area contributed by atoms with Crippen molar-refractivity contribution in [2.75, 3.05) is 33.4 Å². The van der Waals surface area contributed by atoms with Gasteiger partial charge in [-0.1, -0.05) is 12.8 Å². The van der Waals surface area contributed by atoms with Crippen molar-refractivity contribution in [2.45, 2.75) is 70.6 Å². The Kier molecular flexibility index (Phi) is 8.19. The minimum Gasteiger partial charge on any atom is -0.493 e. The molecule has 3 rings (SSSR count). The molecule has 0 unspecified atom stereocenters. The average Bonchev–Trinajstić information content (AvgIpc) is 3.26. The maximum atomic E-state index is 12.4. The SMILES string of the molecule is COc1cc(C(=O)NCCOC(C)C)ccc1OC1CCN(C2CCCC2)CC1. The molecular weight excluding hydrogens is 368 g/mol. The van der Waals surface area contributed by atoms with Gasteiger partial charge in [0.15, 0.2) is 11.5 Å². The number of hydrogen-bond acceptors (Lipinski definition) is 5. The number of carbonyl (C=O) groups excluding carboxylic acids is 1. The summed E-state index contributed by atoms with van der Waals surface area (Å²) in [4.78, 5) is 15.0. The highest BCUT2D eigenvalue weighted by atomic mass is 16.5. The van der Waals surface area contributed by atoms with E-state index in [1.54, 1.807) is 19.2 Å². The Morgan fingerprint density at radius 3 is 2.52 bits per heavy atom. The van der Waals surface area contributed by atoms with Gasteiger partial charge >= 0.3 is 0 Å². The summed E-state index contributed by atoms with van der Waals surface area (Å²) in [5, 5.41) is 2.87. The quantitative estimate of drug-likeness (QED) is 0.637. The predicted octanol–water partition coefficient (Wildman–Crippen LogP) is 3.64. The van der Waals surface area contributed by atoms with Gasteiger partial charge in [0.2, 0.25) is 0 Å². The number of ether oxygens (including phenoxy) is 3. The van der Waals surface area contributed by atoms with Crippen LogP contribution in [0.25, 0.3) is 0 Å². The first-order valence-corrected chi connectivity index (χ1v) is 11.1. The fourth-order valence-corrected chi connectivity index (χ4v) is 4.28. The zero-order valence-corrected chi connectivity index (χ0v) is 18.1. The standard InChI is InChI=1S/C23H36N2O4/c1-17(2)28-15-12-24-23(26)18-8-9-21(22(16-18)27-3)29-20-10-13-25(14-11-20)19-6-4-5-7-19/h8-9,16-17,19-20H,4-7,10-15H2,1-3H3,(H,24,26). The number of nitrogens with one attached hydrogen (secondary N) is 1. The number of rotatable bonds is 9. The molecule has 1 saturated carbocycles. The lowest BCUT2D eigenvalue weighted by molar-refractivity contribution is 0.0742. The van der Waals surface area contributed by atoms with E-state index in [9.17, 15) is 4.79 Å². The fraction of sp³-hybridized carbons (Fsp3) is 0.696. The van der Waals surface area contributed by atoms with Gasteiger partial charge in [0, 0.05) is 31.2 Å². The van der Waals surface area contributed by atoms with E-state index in [-0.39, 0.29) is 18.1 Å². The van der Waals surface area contributed by atoms with Gasteiger partial charge in [-0.05, 0) is 57.7 Å². The van der Waals surface area contributed by atoms with Crippen LogP contribution in [0.4, 0.5) is 0 Å². The monoisotopic (exact) mass is 404 g/mol. The van der Waals surface area contributed by atoms with Crippen LogP contribution >= 0.6 is 0 Å². The predicted molar refractivity (Wildman–Crippen MR) is 114 cm³/mol. The van der Waals surface area contributed by atoms with Gasteiger partial charge in [0.05, 0.1) is 19.8 Å². The molecule has 6 nitrogen and oxygen atoms in total. The van der Waals surface area contributed by atoms with Gasteiger partial charge in [0.1, 0.15) is 6.10 Å². The average molecular weight is 405 g/mol. The van der Waals surface area contributed by atoms with E-state index >= 15 is 0 Å². The Morgan fingerprint density at radius 2 is 1.86 bits per heavy atom. The number of amides is 1. The van der Waals surface area contributed by atoms with E-state index in [0.717, 1.165) is 32.0 Å². The van der Waals surface area contributed by atoms with Gasteiger partial charge in [-0.15, -0.1) is 0 Å². The molecule has 1 aliphatic carbocycles. The molecule has 0 spiro atoms. The molecule has 1 aliphatic heterocycles. The maximum absolute atomic E-state index is 12.4. The molecule has 0 bridgehead atoms. The molecular formula is C23H36N2O4. The first kappa shape index (κ1) is 21.9. The minimum atomic E-state index is -0.132. The van der Waals surface area contributed by atoms with E-state index in [1.807, 2.05) is 19.9 Å². The summed E-state index contributed by atoms with van der Waals surface area (Å²) in [7, 11) is 1.61. The van der Waals surface area contributed by atoms with Crippen molar-refractivity contribution in [1.82, 2.24) is 10.2 Å². The van der Waals surface area contributed by atoms with Crippen molar-refractivity contribution in [3.8, 4) is 11.5 Å². The Labute approximate surface area is 174 Å². The molecule has 1 aromatic carbocycles. The molecule has 1 amide bonds. The number of benzene rings is 1. The highest BCUT2D eigenvalue weighted by Crippen LogP contribution is 2.32. The summed E-state index contributed by atoms with van der Waals surface area (Å²) in [6.45, 7) is 7.15. The van der Waals surface area contributed by atoms with Crippen LogP contribution in [0.15, 0.2) is 18.2 Å². The van der Waals surface area contributed by atoms with E-state index in [2.05, 4.69) is 10.2 Å². The van der Waals surface area contributed by atoms with Gasteiger partial charge in [-0.25, -0.2) is 0 Å². The Bertz CT molecular complexity index is 650. The molecule has 2 fully saturated rings. The number of likely N-dealkylation sites (tertiary alicyclic amines) is 1. The third kappa shape index (κ3) is 6.34. The number of carbonyl (C=O) groups is 1.